The molecule has 1 aliphatic heterocycles. The maximum atomic E-state index is 13.1. The molecule has 6 nitrogen and oxygen atoms in total. The van der Waals surface area contributed by atoms with Gasteiger partial charge in [0.05, 0.1) is 12.1 Å². The van der Waals surface area contributed by atoms with Gasteiger partial charge in [0.2, 0.25) is 0 Å². The first kappa shape index (κ1) is 23.5. The Kier molecular flexibility index (Phi) is 8.15. The first-order chi connectivity index (χ1) is 16.1. The van der Waals surface area contributed by atoms with Crippen molar-refractivity contribution < 1.29 is 4.79 Å². The Morgan fingerprint density at radius 2 is 1.70 bits per heavy atom. The van der Waals surface area contributed by atoms with Gasteiger partial charge < -0.3 is 15.1 Å². The summed E-state index contributed by atoms with van der Waals surface area (Å²) in [5.41, 5.74) is 3.28. The smallest absolute Gasteiger partial charge is 0.255 e. The molecule has 0 radical (unpaired) electrons. The van der Waals surface area contributed by atoms with Crippen LogP contribution in [0, 0.1) is 0 Å². The third-order valence-electron chi connectivity index (χ3n) is 6.16. The lowest BCUT2D eigenvalue weighted by atomic mass is 10.1. The third-order valence-corrected chi connectivity index (χ3v) is 6.41. The Morgan fingerprint density at radius 1 is 1.00 bits per heavy atom. The Hall–Kier alpha value is -2.67. The summed E-state index contributed by atoms with van der Waals surface area (Å²) >= 11 is 6.07. The van der Waals surface area contributed by atoms with Gasteiger partial charge in [-0.2, -0.15) is 5.10 Å². The van der Waals surface area contributed by atoms with Gasteiger partial charge in [0.15, 0.2) is 0 Å². The van der Waals surface area contributed by atoms with Gasteiger partial charge >= 0.3 is 0 Å². The lowest BCUT2D eigenvalue weighted by molar-refractivity contribution is 0.0948. The van der Waals surface area contributed by atoms with E-state index in [-0.39, 0.29) is 5.91 Å². The molecule has 0 aliphatic carbocycles. The van der Waals surface area contributed by atoms with Crippen molar-refractivity contribution in [2.24, 2.45) is 0 Å². The van der Waals surface area contributed by atoms with Crippen molar-refractivity contribution in [3.05, 3.63) is 76.9 Å². The second-order valence-electron chi connectivity index (χ2n) is 8.47. The van der Waals surface area contributed by atoms with Crippen molar-refractivity contribution in [3.63, 3.8) is 0 Å². The summed E-state index contributed by atoms with van der Waals surface area (Å²) in [5.74, 6) is -0.0879. The predicted octanol–water partition coefficient (Wildman–Crippen LogP) is 4.01. The number of rotatable bonds is 9. The van der Waals surface area contributed by atoms with Gasteiger partial charge in [-0.1, -0.05) is 61.0 Å². The first-order valence-corrected chi connectivity index (χ1v) is 12.1. The number of benzene rings is 2. The normalized spacial score (nSPS) is 15.0. The van der Waals surface area contributed by atoms with Gasteiger partial charge in [-0.05, 0) is 37.2 Å². The maximum absolute atomic E-state index is 13.1. The van der Waals surface area contributed by atoms with Crippen LogP contribution < -0.4 is 5.32 Å². The van der Waals surface area contributed by atoms with Gasteiger partial charge in [0, 0.05) is 49.5 Å². The van der Waals surface area contributed by atoms with E-state index in [4.69, 9.17) is 16.7 Å². The van der Waals surface area contributed by atoms with Crippen molar-refractivity contribution >= 4 is 17.5 Å². The largest absolute Gasteiger partial charge is 0.352 e. The van der Waals surface area contributed by atoms with Crippen molar-refractivity contribution in [2.75, 3.05) is 45.8 Å². The topological polar surface area (TPSA) is 53.4 Å². The Balaban J connectivity index is 1.40. The van der Waals surface area contributed by atoms with E-state index in [1.807, 2.05) is 53.3 Å². The van der Waals surface area contributed by atoms with Gasteiger partial charge in [0.25, 0.3) is 5.91 Å². The maximum Gasteiger partial charge on any atom is 0.255 e. The quantitative estimate of drug-likeness (QED) is 0.485. The zero-order valence-corrected chi connectivity index (χ0v) is 20.0. The molecule has 2 aromatic carbocycles. The highest BCUT2D eigenvalue weighted by Crippen LogP contribution is 2.24. The van der Waals surface area contributed by atoms with Crippen LogP contribution in [0.2, 0.25) is 5.02 Å². The molecule has 4 rings (SSSR count). The van der Waals surface area contributed by atoms with Crippen molar-refractivity contribution in [1.82, 2.24) is 24.9 Å². The SMILES string of the molecule is CCN1CCN(CCCNC(=O)c2cn(Cc3ccccc3)nc2-c2ccc(Cl)cc2)CC1. The average Bonchev–Trinajstić information content (AvgIpc) is 3.27. The van der Waals surface area contributed by atoms with Crippen LogP contribution >= 0.6 is 11.6 Å². The number of amides is 1. The number of nitrogens with one attached hydrogen (secondary N) is 1. The molecule has 0 bridgehead atoms. The number of carbonyl (C=O) groups excluding carboxylic acids is 1. The molecular weight excluding hydrogens is 434 g/mol. The van der Waals surface area contributed by atoms with Crippen molar-refractivity contribution in [3.8, 4) is 11.3 Å². The van der Waals surface area contributed by atoms with Gasteiger partial charge in [-0.25, -0.2) is 0 Å². The van der Waals surface area contributed by atoms with E-state index in [1.54, 1.807) is 0 Å². The molecule has 0 atom stereocenters. The molecule has 0 spiro atoms. The molecular formula is C26H32ClN5O. The number of halogens is 1. The number of hydrogen-bond donors (Lipinski definition) is 1. The van der Waals surface area contributed by atoms with E-state index < -0.39 is 0 Å². The summed E-state index contributed by atoms with van der Waals surface area (Å²) in [6.07, 6.45) is 2.78. The fourth-order valence-corrected chi connectivity index (χ4v) is 4.31. The number of nitrogens with zero attached hydrogens (tertiary/aromatic N) is 4. The minimum Gasteiger partial charge on any atom is -0.352 e. The molecule has 1 fully saturated rings. The number of hydrogen-bond acceptors (Lipinski definition) is 4. The predicted molar refractivity (Wildman–Crippen MR) is 134 cm³/mol. The molecule has 7 heteroatoms. The van der Waals surface area contributed by atoms with Crippen LogP contribution in [-0.4, -0.2) is 71.3 Å². The highest BCUT2D eigenvalue weighted by molar-refractivity contribution is 6.30. The fraction of sp³-hybridized carbons (Fsp3) is 0.385. The van der Waals surface area contributed by atoms with E-state index in [1.165, 1.54) is 0 Å². The third kappa shape index (κ3) is 6.44. The van der Waals surface area contributed by atoms with Crippen molar-refractivity contribution in [2.45, 2.75) is 19.9 Å². The monoisotopic (exact) mass is 465 g/mol. The summed E-state index contributed by atoms with van der Waals surface area (Å²) in [4.78, 5) is 18.1. The van der Waals surface area contributed by atoms with Gasteiger partial charge in [-0.15, -0.1) is 0 Å². The summed E-state index contributed by atoms with van der Waals surface area (Å²) in [6, 6.07) is 17.6. The molecule has 0 saturated carbocycles. The van der Waals surface area contributed by atoms with Gasteiger partial charge in [-0.3, -0.25) is 9.48 Å². The first-order valence-electron chi connectivity index (χ1n) is 11.7. The zero-order chi connectivity index (χ0) is 23.0. The minimum absolute atomic E-state index is 0.0879. The highest BCUT2D eigenvalue weighted by Gasteiger charge is 2.19. The molecule has 174 valence electrons. The summed E-state index contributed by atoms with van der Waals surface area (Å²) in [6.45, 7) is 10.1. The molecule has 1 saturated heterocycles. The molecule has 0 unspecified atom stereocenters. The second-order valence-corrected chi connectivity index (χ2v) is 8.90. The standard InChI is InChI=1S/C26H32ClN5O/c1-2-30-15-17-31(18-16-30)14-6-13-28-26(33)24-20-32(19-21-7-4-3-5-8-21)29-25(24)22-9-11-23(27)12-10-22/h3-5,7-12,20H,2,6,13-19H2,1H3,(H,28,33). The summed E-state index contributed by atoms with van der Waals surface area (Å²) < 4.78 is 1.83. The van der Waals surface area contributed by atoms with E-state index in [9.17, 15) is 4.79 Å². The molecule has 1 aromatic heterocycles. The Morgan fingerprint density at radius 3 is 2.39 bits per heavy atom. The van der Waals surface area contributed by atoms with E-state index in [0.717, 1.165) is 56.8 Å². The molecule has 33 heavy (non-hydrogen) atoms. The fourth-order valence-electron chi connectivity index (χ4n) is 4.19. The number of likely N-dealkylation sites (N-methyl/N-ethyl adjacent to an activating group) is 1. The van der Waals surface area contributed by atoms with Crippen LogP contribution in [0.3, 0.4) is 0 Å². The van der Waals surface area contributed by atoms with E-state index in [0.29, 0.717) is 29.4 Å². The number of piperazine rings is 1. The average molecular weight is 466 g/mol. The lowest BCUT2D eigenvalue weighted by Crippen LogP contribution is -2.46. The Bertz CT molecular complexity index is 1030. The number of carbonyl (C=O) groups is 1. The zero-order valence-electron chi connectivity index (χ0n) is 19.2. The molecule has 3 aromatic rings. The molecule has 1 N–H and O–H groups in total. The van der Waals surface area contributed by atoms with E-state index >= 15 is 0 Å². The molecule has 1 amide bonds. The second kappa shape index (κ2) is 11.5. The van der Waals surface area contributed by atoms with Crippen molar-refractivity contribution in [1.29, 1.82) is 0 Å². The molecule has 2 heterocycles. The minimum atomic E-state index is -0.0879. The number of aromatic nitrogens is 2. The highest BCUT2D eigenvalue weighted by atomic mass is 35.5. The van der Waals surface area contributed by atoms with Crippen LogP contribution in [0.15, 0.2) is 60.8 Å². The van der Waals surface area contributed by atoms with Crippen LogP contribution in [0.5, 0.6) is 0 Å². The summed E-state index contributed by atoms with van der Waals surface area (Å²) in [5, 5.41) is 8.51. The van der Waals surface area contributed by atoms with Crippen LogP contribution in [0.1, 0.15) is 29.3 Å². The van der Waals surface area contributed by atoms with E-state index in [2.05, 4.69) is 34.2 Å². The van der Waals surface area contributed by atoms with Crippen LogP contribution in [0.4, 0.5) is 0 Å². The Labute approximate surface area is 201 Å². The summed E-state index contributed by atoms with van der Waals surface area (Å²) in [7, 11) is 0. The van der Waals surface area contributed by atoms with Crippen LogP contribution in [0.25, 0.3) is 11.3 Å². The lowest BCUT2D eigenvalue weighted by Gasteiger charge is -2.33. The van der Waals surface area contributed by atoms with Gasteiger partial charge in [0.1, 0.15) is 5.69 Å². The molecule has 1 aliphatic rings. The van der Waals surface area contributed by atoms with Crippen LogP contribution in [-0.2, 0) is 6.54 Å².